The van der Waals surface area contributed by atoms with E-state index in [0.29, 0.717) is 11.1 Å². The topological polar surface area (TPSA) is 84.2 Å². The predicted molar refractivity (Wildman–Crippen MR) is 76.6 cm³/mol. The molecule has 0 aliphatic heterocycles. The minimum absolute atomic E-state index is 0.312. The lowest BCUT2D eigenvalue weighted by Crippen LogP contribution is -2.38. The van der Waals surface area contributed by atoms with Crippen LogP contribution in [0.4, 0.5) is 4.39 Å². The second-order valence-electron chi connectivity index (χ2n) is 4.95. The summed E-state index contributed by atoms with van der Waals surface area (Å²) in [7, 11) is 0. The lowest BCUT2D eigenvalue weighted by Gasteiger charge is -2.19. The summed E-state index contributed by atoms with van der Waals surface area (Å²) >= 11 is 0. The molecule has 0 fully saturated rings. The first kappa shape index (κ1) is 15.7. The van der Waals surface area contributed by atoms with Gasteiger partial charge in [0.1, 0.15) is 11.9 Å². The van der Waals surface area contributed by atoms with Crippen LogP contribution in [0.3, 0.4) is 0 Å². The second kappa shape index (κ2) is 6.38. The number of halogens is 1. The average molecular weight is 305 g/mol. The molecule has 0 aliphatic carbocycles. The van der Waals surface area contributed by atoms with Gasteiger partial charge in [-0.05, 0) is 37.1 Å². The van der Waals surface area contributed by atoms with Crippen LogP contribution in [0.15, 0.2) is 36.7 Å². The summed E-state index contributed by atoms with van der Waals surface area (Å²) in [5.74, 6) is -2.13. The fraction of sp³-hybridized carbons (Fsp3) is 0.267. The molecule has 116 valence electrons. The van der Waals surface area contributed by atoms with Crippen LogP contribution in [0, 0.1) is 12.7 Å². The average Bonchev–Trinajstić information content (AvgIpc) is 3.00. The smallest absolute Gasteiger partial charge is 0.330 e. The number of carbonyl (C=O) groups excluding carboxylic acids is 1. The van der Waals surface area contributed by atoms with Gasteiger partial charge in [-0.15, -0.1) is 0 Å². The van der Waals surface area contributed by atoms with Gasteiger partial charge in [-0.3, -0.25) is 9.48 Å². The van der Waals surface area contributed by atoms with E-state index in [1.165, 1.54) is 36.0 Å². The summed E-state index contributed by atoms with van der Waals surface area (Å²) in [6.07, 6.45) is 3.14. The molecule has 1 aromatic carbocycles. The Bertz CT molecular complexity index is 685. The van der Waals surface area contributed by atoms with Crippen LogP contribution in [-0.4, -0.2) is 26.8 Å². The molecule has 7 heteroatoms. The molecule has 0 aliphatic rings. The van der Waals surface area contributed by atoms with Gasteiger partial charge in [-0.2, -0.15) is 5.10 Å². The highest BCUT2D eigenvalue weighted by atomic mass is 19.1. The van der Waals surface area contributed by atoms with Crippen LogP contribution in [0.1, 0.15) is 30.1 Å². The Hall–Kier alpha value is -2.70. The quantitative estimate of drug-likeness (QED) is 0.882. The zero-order valence-corrected chi connectivity index (χ0v) is 12.2. The van der Waals surface area contributed by atoms with Crippen LogP contribution in [0.5, 0.6) is 0 Å². The summed E-state index contributed by atoms with van der Waals surface area (Å²) in [4.78, 5) is 23.6. The van der Waals surface area contributed by atoms with Crippen molar-refractivity contribution in [2.45, 2.75) is 25.9 Å². The Kier molecular flexibility index (Phi) is 4.55. The maximum Gasteiger partial charge on any atom is 0.330 e. The minimum atomic E-state index is -1.25. The third kappa shape index (κ3) is 3.30. The highest BCUT2D eigenvalue weighted by molar-refractivity contribution is 5.86. The number of amides is 1. The van der Waals surface area contributed by atoms with Crippen molar-refractivity contribution in [3.63, 3.8) is 0 Å². The molecule has 6 nitrogen and oxygen atoms in total. The van der Waals surface area contributed by atoms with Crippen molar-refractivity contribution in [2.75, 3.05) is 0 Å². The van der Waals surface area contributed by atoms with E-state index in [0.717, 1.165) is 0 Å². The molecule has 2 aromatic rings. The lowest BCUT2D eigenvalue weighted by molar-refractivity contribution is -0.142. The fourth-order valence-electron chi connectivity index (χ4n) is 2.03. The first-order chi connectivity index (χ1) is 10.4. The molecule has 1 aromatic heterocycles. The zero-order chi connectivity index (χ0) is 16.3. The van der Waals surface area contributed by atoms with E-state index in [9.17, 15) is 19.1 Å². The minimum Gasteiger partial charge on any atom is -0.479 e. The molecule has 1 heterocycles. The van der Waals surface area contributed by atoms with Gasteiger partial charge in [0, 0.05) is 12.4 Å². The Morgan fingerprint density at radius 3 is 2.68 bits per heavy atom. The summed E-state index contributed by atoms with van der Waals surface area (Å²) in [6, 6.07) is 3.71. The molecule has 0 bridgehead atoms. The molecular formula is C15H16FN3O3. The number of aryl methyl sites for hydroxylation is 1. The van der Waals surface area contributed by atoms with Gasteiger partial charge in [0.15, 0.2) is 6.04 Å². The number of rotatable bonds is 5. The summed E-state index contributed by atoms with van der Waals surface area (Å²) in [5.41, 5.74) is 0.630. The van der Waals surface area contributed by atoms with Crippen molar-refractivity contribution in [1.29, 1.82) is 0 Å². The van der Waals surface area contributed by atoms with Crippen molar-refractivity contribution in [1.82, 2.24) is 15.1 Å². The molecule has 0 saturated heterocycles. The number of nitrogens with zero attached hydrogens (tertiary/aromatic N) is 2. The molecule has 2 unspecified atom stereocenters. The molecule has 2 rings (SSSR count). The Labute approximate surface area is 126 Å². The highest BCUT2D eigenvalue weighted by Crippen LogP contribution is 2.18. The standard InChI is InChI=1S/C15H16FN3O3/c1-9-8-11(4-5-12(9)16)13(15(21)22)18-14(20)10(2)19-7-3-6-17-19/h3-8,10,13H,1-2H3,(H,18,20)(H,21,22). The SMILES string of the molecule is Cc1cc(C(NC(=O)C(C)n2cccn2)C(=O)O)ccc1F. The molecule has 22 heavy (non-hydrogen) atoms. The van der Waals surface area contributed by atoms with Crippen molar-refractivity contribution in [3.8, 4) is 0 Å². The Morgan fingerprint density at radius 1 is 1.41 bits per heavy atom. The molecule has 2 atom stereocenters. The number of carboxylic acid groups (broad SMARTS) is 1. The summed E-state index contributed by atoms with van der Waals surface area (Å²) in [5, 5.41) is 15.7. The molecular weight excluding hydrogens is 289 g/mol. The molecule has 0 saturated carbocycles. The largest absolute Gasteiger partial charge is 0.479 e. The third-order valence-corrected chi connectivity index (χ3v) is 3.35. The molecule has 0 radical (unpaired) electrons. The van der Waals surface area contributed by atoms with E-state index in [1.807, 2.05) is 0 Å². The van der Waals surface area contributed by atoms with Crippen molar-refractivity contribution in [3.05, 3.63) is 53.6 Å². The van der Waals surface area contributed by atoms with Gasteiger partial charge in [0.05, 0.1) is 0 Å². The first-order valence-corrected chi connectivity index (χ1v) is 6.68. The van der Waals surface area contributed by atoms with Crippen LogP contribution in [0.25, 0.3) is 0 Å². The van der Waals surface area contributed by atoms with Gasteiger partial charge in [-0.25, -0.2) is 9.18 Å². The second-order valence-corrected chi connectivity index (χ2v) is 4.95. The number of aromatic nitrogens is 2. The maximum absolute atomic E-state index is 13.3. The number of hydrogen-bond acceptors (Lipinski definition) is 3. The maximum atomic E-state index is 13.3. The van der Waals surface area contributed by atoms with Crippen LogP contribution in [0.2, 0.25) is 0 Å². The van der Waals surface area contributed by atoms with E-state index in [4.69, 9.17) is 0 Å². The van der Waals surface area contributed by atoms with Gasteiger partial charge < -0.3 is 10.4 Å². The van der Waals surface area contributed by atoms with Crippen molar-refractivity contribution >= 4 is 11.9 Å². The van der Waals surface area contributed by atoms with Gasteiger partial charge in [0.25, 0.3) is 0 Å². The van der Waals surface area contributed by atoms with E-state index >= 15 is 0 Å². The molecule has 1 amide bonds. The number of carboxylic acids is 1. The van der Waals surface area contributed by atoms with Gasteiger partial charge >= 0.3 is 5.97 Å². The van der Waals surface area contributed by atoms with Crippen LogP contribution >= 0.6 is 0 Å². The van der Waals surface area contributed by atoms with Crippen molar-refractivity contribution in [2.24, 2.45) is 0 Å². The van der Waals surface area contributed by atoms with E-state index in [2.05, 4.69) is 10.4 Å². The van der Waals surface area contributed by atoms with Crippen LogP contribution in [-0.2, 0) is 9.59 Å². The van der Waals surface area contributed by atoms with E-state index < -0.39 is 29.8 Å². The first-order valence-electron chi connectivity index (χ1n) is 6.68. The number of aliphatic carboxylic acids is 1. The summed E-state index contributed by atoms with van der Waals surface area (Å²) in [6.45, 7) is 3.14. The van der Waals surface area contributed by atoms with Gasteiger partial charge in [0.2, 0.25) is 5.91 Å². The number of hydrogen-bond donors (Lipinski definition) is 2. The monoisotopic (exact) mass is 305 g/mol. The van der Waals surface area contributed by atoms with E-state index in [1.54, 1.807) is 19.2 Å². The Morgan fingerprint density at radius 2 is 2.14 bits per heavy atom. The van der Waals surface area contributed by atoms with E-state index in [-0.39, 0.29) is 0 Å². The number of benzene rings is 1. The zero-order valence-electron chi connectivity index (χ0n) is 12.2. The van der Waals surface area contributed by atoms with Gasteiger partial charge in [-0.1, -0.05) is 12.1 Å². The molecule has 0 spiro atoms. The molecule has 2 N–H and O–H groups in total. The summed E-state index contributed by atoms with van der Waals surface area (Å²) < 4.78 is 14.7. The highest BCUT2D eigenvalue weighted by Gasteiger charge is 2.25. The number of nitrogens with one attached hydrogen (secondary N) is 1. The van der Waals surface area contributed by atoms with Crippen LogP contribution < -0.4 is 5.32 Å². The fourth-order valence-corrected chi connectivity index (χ4v) is 2.03. The predicted octanol–water partition coefficient (Wildman–Crippen LogP) is 1.83. The third-order valence-electron chi connectivity index (χ3n) is 3.35. The van der Waals surface area contributed by atoms with Crippen molar-refractivity contribution < 1.29 is 19.1 Å². The Balaban J connectivity index is 2.20. The number of carbonyl (C=O) groups is 2. The lowest BCUT2D eigenvalue weighted by atomic mass is 10.0. The normalized spacial score (nSPS) is 13.4.